The summed E-state index contributed by atoms with van der Waals surface area (Å²) in [4.78, 5) is 23.2. The van der Waals surface area contributed by atoms with Crippen molar-refractivity contribution in [1.82, 2.24) is 29.9 Å². The molecule has 0 aliphatic rings. The van der Waals surface area contributed by atoms with Gasteiger partial charge in [-0.1, -0.05) is 0 Å². The van der Waals surface area contributed by atoms with Crippen molar-refractivity contribution < 1.29 is 63.9 Å². The molecule has 20 nitrogen and oxygen atoms in total. The average Bonchev–Trinajstić information content (AvgIpc) is 3.00. The molecule has 0 fully saturated rings. The second-order valence-corrected chi connectivity index (χ2v) is 15.1. The van der Waals surface area contributed by atoms with Gasteiger partial charge in [0.2, 0.25) is 22.3 Å². The number of ether oxygens (including phenoxy) is 2. The maximum absolute atomic E-state index is 12.8. The van der Waals surface area contributed by atoms with Gasteiger partial charge >= 0.3 is 42.4 Å². The molecule has 24 heteroatoms. The lowest BCUT2D eigenvalue weighted by atomic mass is 10.8. The third-order valence-electron chi connectivity index (χ3n) is 4.63. The maximum atomic E-state index is 12.8. The highest BCUT2D eigenvalue weighted by molar-refractivity contribution is 7.63. The van der Waals surface area contributed by atoms with E-state index in [1.807, 2.05) is 0 Å². The highest BCUT2D eigenvalue weighted by atomic mass is 31.2. The zero-order chi connectivity index (χ0) is 30.2. The van der Waals surface area contributed by atoms with E-state index in [-0.39, 0.29) is 13.2 Å². The van der Waals surface area contributed by atoms with Gasteiger partial charge in [0.1, 0.15) is 13.2 Å². The first-order chi connectivity index (χ1) is 18.9. The highest BCUT2D eigenvalue weighted by Gasteiger charge is 2.37. The van der Waals surface area contributed by atoms with Crippen LogP contribution < -0.4 is 31.7 Å². The van der Waals surface area contributed by atoms with Crippen molar-refractivity contribution >= 4 is 52.6 Å². The summed E-state index contributed by atoms with van der Waals surface area (Å²) in [6, 6.07) is -0.952. The van der Waals surface area contributed by atoms with Crippen molar-refractivity contribution in [3.05, 3.63) is 0 Å². The summed E-state index contributed by atoms with van der Waals surface area (Å²) in [6.45, 7) is -0.654. The van der Waals surface area contributed by atoms with Crippen molar-refractivity contribution in [2.45, 2.75) is 0 Å². The number of hydrogen-bond acceptors (Lipinski definition) is 20. The van der Waals surface area contributed by atoms with Crippen molar-refractivity contribution in [2.24, 2.45) is 0 Å². The van der Waals surface area contributed by atoms with Crippen LogP contribution in [0.15, 0.2) is 0 Å². The van der Waals surface area contributed by atoms with E-state index in [9.17, 15) is 18.3 Å². The van der Waals surface area contributed by atoms with Gasteiger partial charge in [0.05, 0.1) is 0 Å². The molecule has 0 N–H and O–H groups in total. The van der Waals surface area contributed by atoms with Gasteiger partial charge in [0, 0.05) is 56.9 Å². The molecule has 40 heavy (non-hydrogen) atoms. The molecular weight excluding hydrogens is 624 g/mol. The molecule has 0 unspecified atom stereocenters. The molecule has 0 spiro atoms. The zero-order valence-corrected chi connectivity index (χ0v) is 26.2. The number of hydrogen-bond donors (Lipinski definition) is 0. The zero-order valence-electron chi connectivity index (χ0n) is 22.6. The molecule has 2 rings (SSSR count). The molecule has 0 atom stereocenters. The molecule has 2 aromatic heterocycles. The van der Waals surface area contributed by atoms with E-state index in [0.717, 1.165) is 56.9 Å². The highest BCUT2D eigenvalue weighted by Crippen LogP contribution is 2.48. The molecule has 2 heterocycles. The lowest BCUT2D eigenvalue weighted by Crippen LogP contribution is -2.30. The van der Waals surface area contributed by atoms with Crippen LogP contribution in [0.3, 0.4) is 0 Å². The van der Waals surface area contributed by atoms with Crippen molar-refractivity contribution in [1.29, 1.82) is 0 Å². The predicted octanol–water partition coefficient (Wildman–Crippen LogP) is -0.0408. The summed E-state index contributed by atoms with van der Waals surface area (Å²) in [5.41, 5.74) is -2.15. The van der Waals surface area contributed by atoms with Crippen LogP contribution in [0.1, 0.15) is 0 Å². The van der Waals surface area contributed by atoms with Crippen molar-refractivity contribution in [2.75, 3.05) is 70.1 Å². The van der Waals surface area contributed by atoms with Gasteiger partial charge in [-0.2, -0.15) is 29.9 Å². The van der Waals surface area contributed by atoms with Crippen LogP contribution >= 0.6 is 30.4 Å². The van der Waals surface area contributed by atoms with Crippen molar-refractivity contribution in [3.8, 4) is 12.0 Å². The average molecular weight is 652 g/mol. The van der Waals surface area contributed by atoms with E-state index in [4.69, 9.17) is 45.7 Å². The van der Waals surface area contributed by atoms with Crippen LogP contribution in [0.25, 0.3) is 0 Å². The Bertz CT molecular complexity index is 1140. The number of nitrogens with zero attached hydrogens (tertiary/aromatic N) is 6. The minimum atomic E-state index is -4.05. The first-order valence-electron chi connectivity index (χ1n) is 10.5. The molecule has 0 bridgehead atoms. The van der Waals surface area contributed by atoms with Crippen LogP contribution in [-0.4, -0.2) is 100.0 Å². The molecule has 0 saturated carbocycles. The Labute approximate surface area is 228 Å². The normalized spacial score (nSPS) is 12.9. The minimum absolute atomic E-state index is 0.327. The molecule has 0 radical (unpaired) electrons. The predicted molar refractivity (Wildman–Crippen MR) is 136 cm³/mol. The van der Waals surface area contributed by atoms with Gasteiger partial charge < -0.3 is 45.7 Å². The summed E-state index contributed by atoms with van der Waals surface area (Å²) in [6.07, 6.45) is 0. The van der Waals surface area contributed by atoms with E-state index in [1.54, 1.807) is 0 Å². The largest absolute Gasteiger partial charge is 0.460 e. The Balaban J connectivity index is 2.38. The Morgan fingerprint density at radius 2 is 0.600 bits per heavy atom. The van der Waals surface area contributed by atoms with Gasteiger partial charge in [-0.15, -0.1) is 0 Å². The third-order valence-corrected chi connectivity index (χ3v) is 11.2. The van der Waals surface area contributed by atoms with Gasteiger partial charge in [0.15, 0.2) is 0 Å². The number of aromatic nitrogens is 6. The minimum Gasteiger partial charge on any atom is -0.460 e. The summed E-state index contributed by atoms with van der Waals surface area (Å²) in [5, 5.41) is 0. The fourth-order valence-electron chi connectivity index (χ4n) is 2.51. The first kappa shape index (κ1) is 34.4. The van der Waals surface area contributed by atoms with E-state index >= 15 is 0 Å². The Morgan fingerprint density at radius 1 is 0.400 bits per heavy atom. The standard InChI is InChI=1S/C16H28N6O14P4/c1-27-37(23,28-2)13-17-11(18-14(21-13)38(24,29-3)30-4)35-9-10-36-12-19-15(39(25,31-5)32-6)22-16(20-12)40(26,33-7)34-8/h9-10H2,1-8H3. The SMILES string of the molecule is COP(=O)(OC)c1nc(OCCOc2nc(P(=O)(OC)OC)nc(P(=O)(OC)OC)n2)nc(P(=O)(OC)OC)n1. The van der Waals surface area contributed by atoms with Crippen LogP contribution in [0.4, 0.5) is 0 Å². The fourth-order valence-corrected chi connectivity index (χ4v) is 6.27. The topological polar surface area (TPSA) is 238 Å². The van der Waals surface area contributed by atoms with E-state index in [0.29, 0.717) is 0 Å². The summed E-state index contributed by atoms with van der Waals surface area (Å²) in [5.74, 6) is 0. The molecule has 0 aromatic carbocycles. The molecule has 226 valence electrons. The molecular formula is C16H28N6O14P4. The summed E-state index contributed by atoms with van der Waals surface area (Å²) in [7, 11) is -7.52. The van der Waals surface area contributed by atoms with E-state index < -0.39 is 64.7 Å². The van der Waals surface area contributed by atoms with Gasteiger partial charge in [-0.05, 0) is 0 Å². The van der Waals surface area contributed by atoms with E-state index in [1.165, 1.54) is 0 Å². The Kier molecular flexibility index (Phi) is 12.4. The Morgan fingerprint density at radius 3 is 0.775 bits per heavy atom. The van der Waals surface area contributed by atoms with Gasteiger partial charge in [0.25, 0.3) is 0 Å². The molecule has 0 saturated heterocycles. The molecule has 0 aliphatic carbocycles. The molecule has 0 amide bonds. The van der Waals surface area contributed by atoms with Crippen LogP contribution in [0.5, 0.6) is 12.0 Å². The lowest BCUT2D eigenvalue weighted by molar-refractivity contribution is 0.196. The Hall–Kier alpha value is -1.78. The lowest BCUT2D eigenvalue weighted by Gasteiger charge is -2.17. The second-order valence-electron chi connectivity index (χ2n) is 6.58. The van der Waals surface area contributed by atoms with Crippen LogP contribution in [-0.2, 0) is 54.5 Å². The summed E-state index contributed by atoms with van der Waals surface area (Å²) >= 11 is 0. The molecule has 2 aromatic rings. The quantitative estimate of drug-likeness (QED) is 0.161. The van der Waals surface area contributed by atoms with Gasteiger partial charge in [-0.3, -0.25) is 18.3 Å². The number of rotatable bonds is 17. The second kappa shape index (κ2) is 14.4. The van der Waals surface area contributed by atoms with Crippen molar-refractivity contribution in [3.63, 3.8) is 0 Å². The van der Waals surface area contributed by atoms with Crippen LogP contribution in [0.2, 0.25) is 0 Å². The van der Waals surface area contributed by atoms with Gasteiger partial charge in [-0.25, -0.2) is 0 Å². The first-order valence-corrected chi connectivity index (χ1v) is 16.7. The third kappa shape index (κ3) is 7.53. The van der Waals surface area contributed by atoms with Crippen LogP contribution in [0, 0.1) is 0 Å². The fraction of sp³-hybridized carbons (Fsp3) is 0.625. The van der Waals surface area contributed by atoms with E-state index in [2.05, 4.69) is 29.9 Å². The maximum Gasteiger partial charge on any atom is 0.398 e. The smallest absolute Gasteiger partial charge is 0.398 e. The monoisotopic (exact) mass is 652 g/mol. The molecule has 0 aliphatic heterocycles. The summed E-state index contributed by atoms with van der Waals surface area (Å²) < 4.78 is 101.